The summed E-state index contributed by atoms with van der Waals surface area (Å²) in [4.78, 5) is 21.6. The number of ether oxygens (including phenoxy) is 1. The first-order valence-electron chi connectivity index (χ1n) is 5.10. The van der Waals surface area contributed by atoms with Crippen LogP contribution in [0.1, 0.15) is 5.56 Å². The lowest BCUT2D eigenvalue weighted by molar-refractivity contribution is -0.150. The minimum absolute atomic E-state index is 0.447. The number of cyclic esters (lactones) is 2. The molecule has 0 fully saturated rings. The van der Waals surface area contributed by atoms with Crippen molar-refractivity contribution >= 4 is 28.1 Å². The molecule has 98 valence electrons. The van der Waals surface area contributed by atoms with Gasteiger partial charge in [-0.1, -0.05) is 30.3 Å². The Balaban J connectivity index is 2.56. The van der Waals surface area contributed by atoms with Gasteiger partial charge >= 0.3 is 11.9 Å². The molecule has 0 bridgehead atoms. The highest BCUT2D eigenvalue weighted by molar-refractivity contribution is 7.90. The van der Waals surface area contributed by atoms with Gasteiger partial charge in [-0.25, -0.2) is 9.59 Å². The molecule has 1 aromatic rings. The van der Waals surface area contributed by atoms with Crippen molar-refractivity contribution < 1.29 is 27.3 Å². The summed E-state index contributed by atoms with van der Waals surface area (Å²) in [5, 5.41) is 0. The molecule has 0 aromatic heterocycles. The van der Waals surface area contributed by atoms with Crippen molar-refractivity contribution in [2.75, 3.05) is 0 Å². The lowest BCUT2D eigenvalue weighted by Gasteiger charge is -2.03. The fourth-order valence-corrected chi connectivity index (χ4v) is 2.22. The smallest absolute Gasteiger partial charge is 0.347 e. The predicted octanol–water partition coefficient (Wildman–Crippen LogP) is 0.925. The van der Waals surface area contributed by atoms with Gasteiger partial charge in [0.15, 0.2) is 0 Å². The van der Waals surface area contributed by atoms with Crippen LogP contribution in [0.3, 0.4) is 0 Å². The third-order valence-electron chi connectivity index (χ3n) is 2.32. The quantitative estimate of drug-likeness (QED) is 0.502. The lowest BCUT2D eigenvalue weighted by Crippen LogP contribution is -2.10. The van der Waals surface area contributed by atoms with E-state index >= 15 is 0 Å². The number of hydrogen-bond donors (Lipinski definition) is 1. The molecule has 6 nitrogen and oxygen atoms in total. The van der Waals surface area contributed by atoms with E-state index in [9.17, 15) is 18.0 Å². The van der Waals surface area contributed by atoms with Gasteiger partial charge in [0.25, 0.3) is 10.1 Å². The lowest BCUT2D eigenvalue weighted by atomic mass is 10.1. The second-order valence-corrected chi connectivity index (χ2v) is 5.05. The monoisotopic (exact) mass is 280 g/mol. The average Bonchev–Trinajstić information content (AvgIpc) is 2.65. The fraction of sp³-hybridized carbons (Fsp3) is 0. The van der Waals surface area contributed by atoms with Crippen LogP contribution in [0.2, 0.25) is 0 Å². The molecule has 0 atom stereocenters. The van der Waals surface area contributed by atoms with Gasteiger partial charge in [-0.2, -0.15) is 8.42 Å². The summed E-state index contributed by atoms with van der Waals surface area (Å²) in [7, 11) is -4.66. The van der Waals surface area contributed by atoms with Crippen LogP contribution in [-0.2, 0) is 24.4 Å². The number of carbonyl (C=O) groups excluding carboxylic acids is 2. The zero-order chi connectivity index (χ0) is 14.0. The minimum atomic E-state index is -4.66. The largest absolute Gasteiger partial charge is 0.386 e. The van der Waals surface area contributed by atoms with Gasteiger partial charge in [0.05, 0.1) is 5.57 Å². The molecule has 0 radical (unpaired) electrons. The van der Waals surface area contributed by atoms with Crippen molar-refractivity contribution in [3.8, 4) is 0 Å². The summed E-state index contributed by atoms with van der Waals surface area (Å²) in [5.74, 6) is -2.08. The summed E-state index contributed by atoms with van der Waals surface area (Å²) in [5.41, 5.74) is -0.0421. The summed E-state index contributed by atoms with van der Waals surface area (Å²) < 4.78 is 36.0. The Bertz CT molecular complexity index is 697. The maximum Gasteiger partial charge on any atom is 0.347 e. The van der Waals surface area contributed by atoms with E-state index in [1.165, 1.54) is 0 Å². The summed E-state index contributed by atoms with van der Waals surface area (Å²) in [6.07, 6.45) is 1.81. The molecule has 19 heavy (non-hydrogen) atoms. The number of rotatable bonds is 3. The molecule has 1 aromatic carbocycles. The van der Waals surface area contributed by atoms with Gasteiger partial charge in [-0.15, -0.1) is 0 Å². The highest BCUT2D eigenvalue weighted by atomic mass is 32.2. The molecule has 0 saturated carbocycles. The van der Waals surface area contributed by atoms with E-state index in [-0.39, 0.29) is 0 Å². The second-order valence-electron chi connectivity index (χ2n) is 3.66. The van der Waals surface area contributed by atoms with Crippen LogP contribution in [0.4, 0.5) is 0 Å². The Hall–Kier alpha value is -2.25. The third-order valence-corrected chi connectivity index (χ3v) is 3.21. The Kier molecular flexibility index (Phi) is 3.32. The van der Waals surface area contributed by atoms with Crippen LogP contribution in [0.15, 0.2) is 46.9 Å². The van der Waals surface area contributed by atoms with E-state index in [4.69, 9.17) is 4.55 Å². The van der Waals surface area contributed by atoms with Crippen LogP contribution in [-0.4, -0.2) is 24.9 Å². The minimum Gasteiger partial charge on any atom is -0.386 e. The maximum atomic E-state index is 11.3. The molecule has 0 spiro atoms. The molecule has 0 unspecified atom stereocenters. The van der Waals surface area contributed by atoms with E-state index in [0.29, 0.717) is 5.56 Å². The van der Waals surface area contributed by atoms with Gasteiger partial charge in [0.1, 0.15) is 4.91 Å². The molecular formula is C12H8O6S. The van der Waals surface area contributed by atoms with Gasteiger partial charge < -0.3 is 4.74 Å². The van der Waals surface area contributed by atoms with E-state index in [2.05, 4.69) is 4.74 Å². The summed E-state index contributed by atoms with van der Waals surface area (Å²) in [6, 6.07) is 8.18. The summed E-state index contributed by atoms with van der Waals surface area (Å²) >= 11 is 0. The molecule has 1 aliphatic heterocycles. The Labute approximate surface area is 108 Å². The number of benzene rings is 1. The maximum absolute atomic E-state index is 11.3. The van der Waals surface area contributed by atoms with Gasteiger partial charge in [0, 0.05) is 6.08 Å². The zero-order valence-electron chi connectivity index (χ0n) is 9.44. The van der Waals surface area contributed by atoms with Crippen molar-refractivity contribution in [1.29, 1.82) is 0 Å². The van der Waals surface area contributed by atoms with Crippen molar-refractivity contribution in [3.63, 3.8) is 0 Å². The first-order chi connectivity index (χ1) is 8.88. The number of carbonyl (C=O) groups is 2. The van der Waals surface area contributed by atoms with E-state index in [1.807, 2.05) is 0 Å². The zero-order valence-corrected chi connectivity index (χ0v) is 10.3. The van der Waals surface area contributed by atoms with E-state index < -0.39 is 32.5 Å². The van der Waals surface area contributed by atoms with Crippen LogP contribution < -0.4 is 0 Å². The number of esters is 2. The van der Waals surface area contributed by atoms with Gasteiger partial charge in [-0.3, -0.25) is 4.55 Å². The van der Waals surface area contributed by atoms with Crippen molar-refractivity contribution in [3.05, 3.63) is 52.4 Å². The first-order valence-corrected chi connectivity index (χ1v) is 6.54. The van der Waals surface area contributed by atoms with Gasteiger partial charge in [-0.05, 0) is 11.6 Å². The second kappa shape index (κ2) is 4.79. The normalized spacial score (nSPS) is 16.3. The van der Waals surface area contributed by atoms with E-state index in [0.717, 1.165) is 12.2 Å². The molecule has 1 N–H and O–H groups in total. The van der Waals surface area contributed by atoms with Crippen LogP contribution in [0.5, 0.6) is 0 Å². The molecule has 0 amide bonds. The molecular weight excluding hydrogens is 272 g/mol. The standard InChI is InChI=1S/C12H8O6S/c13-11-7-9(12(14)18-11)10(19(15,16)17)6-8-4-2-1-3-5-8/h1-7H,(H,15,16,17)/b10-6-. The summed E-state index contributed by atoms with van der Waals surface area (Å²) in [6.45, 7) is 0. The molecule has 1 aliphatic rings. The Morgan fingerprint density at radius 1 is 1.16 bits per heavy atom. The predicted molar refractivity (Wildman–Crippen MR) is 65.1 cm³/mol. The third kappa shape index (κ3) is 2.95. The fourth-order valence-electron chi connectivity index (χ4n) is 1.52. The molecule has 0 aliphatic carbocycles. The molecule has 7 heteroatoms. The topological polar surface area (TPSA) is 97.7 Å². The van der Waals surface area contributed by atoms with Crippen molar-refractivity contribution in [1.82, 2.24) is 0 Å². The van der Waals surface area contributed by atoms with Crippen LogP contribution in [0.25, 0.3) is 6.08 Å². The van der Waals surface area contributed by atoms with E-state index in [1.54, 1.807) is 30.3 Å². The van der Waals surface area contributed by atoms with Gasteiger partial charge in [0.2, 0.25) is 0 Å². The SMILES string of the molecule is O=C1C=C(/C(=C/c2ccccc2)S(=O)(=O)O)C(=O)O1. The van der Waals surface area contributed by atoms with Crippen LogP contribution >= 0.6 is 0 Å². The van der Waals surface area contributed by atoms with Crippen molar-refractivity contribution in [2.45, 2.75) is 0 Å². The van der Waals surface area contributed by atoms with Crippen molar-refractivity contribution in [2.24, 2.45) is 0 Å². The average molecular weight is 280 g/mol. The Morgan fingerprint density at radius 3 is 2.26 bits per heavy atom. The Morgan fingerprint density at radius 2 is 1.79 bits per heavy atom. The highest BCUT2D eigenvalue weighted by Crippen LogP contribution is 2.24. The highest BCUT2D eigenvalue weighted by Gasteiger charge is 2.32. The molecule has 1 heterocycles. The molecule has 0 saturated heterocycles. The van der Waals surface area contributed by atoms with Crippen LogP contribution in [0, 0.1) is 0 Å². The first kappa shape index (κ1) is 13.2. The number of hydrogen-bond acceptors (Lipinski definition) is 5. The molecule has 2 rings (SSSR count).